The lowest BCUT2D eigenvalue weighted by atomic mass is 9.49. The predicted molar refractivity (Wildman–Crippen MR) is 99.2 cm³/mol. The molecule has 4 fully saturated rings. The summed E-state index contributed by atoms with van der Waals surface area (Å²) < 4.78 is 0. The molecule has 4 aliphatic carbocycles. The third-order valence-corrected chi connectivity index (χ3v) is 7.25. The molecule has 1 N–H and O–H groups in total. The molecule has 4 nitrogen and oxygen atoms in total. The van der Waals surface area contributed by atoms with Crippen molar-refractivity contribution >= 4 is 34.0 Å². The molecule has 0 radical (unpaired) electrons. The minimum atomic E-state index is -0.256. The van der Waals surface area contributed by atoms with E-state index in [1.807, 2.05) is 0 Å². The van der Waals surface area contributed by atoms with E-state index in [-0.39, 0.29) is 11.3 Å². The number of carbonyl (C=O) groups is 1. The van der Waals surface area contributed by atoms with Crippen molar-refractivity contribution in [3.8, 4) is 0 Å². The first-order valence-corrected chi connectivity index (χ1v) is 10.2. The number of amides is 1. The van der Waals surface area contributed by atoms with Crippen LogP contribution in [0.15, 0.2) is 23.7 Å². The van der Waals surface area contributed by atoms with Crippen LogP contribution in [0.1, 0.15) is 54.7 Å². The highest BCUT2D eigenvalue weighted by molar-refractivity contribution is 7.14. The summed E-state index contributed by atoms with van der Waals surface area (Å²) in [5.41, 5.74) is 1.78. The summed E-state index contributed by atoms with van der Waals surface area (Å²) in [5.74, 6) is 2.42. The van der Waals surface area contributed by atoms with Gasteiger partial charge >= 0.3 is 0 Å². The van der Waals surface area contributed by atoms with Gasteiger partial charge in [0.25, 0.3) is 5.91 Å². The Kier molecular flexibility index (Phi) is 3.64. The molecule has 2 aromatic rings. The van der Waals surface area contributed by atoms with Gasteiger partial charge in [-0.05, 0) is 68.4 Å². The third-order valence-electron chi connectivity index (χ3n) is 6.26. The monoisotopic (exact) mass is 373 g/mol. The van der Waals surface area contributed by atoms with E-state index in [4.69, 9.17) is 16.6 Å². The van der Waals surface area contributed by atoms with Crippen LogP contribution in [-0.2, 0) is 5.41 Å². The Hall–Kier alpha value is -1.46. The number of hydrogen-bond acceptors (Lipinski definition) is 4. The normalized spacial score (nSPS) is 32.8. The van der Waals surface area contributed by atoms with Crippen LogP contribution in [0.4, 0.5) is 5.13 Å². The number of anilines is 1. The van der Waals surface area contributed by atoms with Gasteiger partial charge in [-0.25, -0.2) is 4.98 Å². The lowest BCUT2D eigenvalue weighted by Gasteiger charge is -2.56. The summed E-state index contributed by atoms with van der Waals surface area (Å²) in [7, 11) is 0. The Bertz CT molecular complexity index is 798. The molecule has 4 aliphatic rings. The first-order valence-electron chi connectivity index (χ1n) is 8.98. The Morgan fingerprint density at radius 1 is 1.20 bits per heavy atom. The van der Waals surface area contributed by atoms with E-state index in [1.165, 1.54) is 55.6 Å². The van der Waals surface area contributed by atoms with Gasteiger partial charge in [0.2, 0.25) is 0 Å². The maximum atomic E-state index is 12.4. The second kappa shape index (κ2) is 5.78. The molecule has 6 rings (SSSR count). The molecule has 25 heavy (non-hydrogen) atoms. The van der Waals surface area contributed by atoms with E-state index < -0.39 is 0 Å². The first kappa shape index (κ1) is 15.8. The van der Waals surface area contributed by atoms with E-state index >= 15 is 0 Å². The maximum Gasteiger partial charge on any atom is 0.276 e. The van der Waals surface area contributed by atoms with Crippen molar-refractivity contribution < 1.29 is 4.79 Å². The second-order valence-electron chi connectivity index (χ2n) is 8.05. The smallest absolute Gasteiger partial charge is 0.276 e. The Morgan fingerprint density at radius 2 is 1.88 bits per heavy atom. The average molecular weight is 374 g/mol. The molecule has 2 aromatic heterocycles. The van der Waals surface area contributed by atoms with E-state index in [0.29, 0.717) is 15.8 Å². The van der Waals surface area contributed by atoms with Gasteiger partial charge in [-0.2, -0.15) is 0 Å². The number of nitrogens with one attached hydrogen (secondary N) is 1. The summed E-state index contributed by atoms with van der Waals surface area (Å²) in [6.07, 6.45) is 9.66. The fourth-order valence-electron chi connectivity index (χ4n) is 5.69. The highest BCUT2D eigenvalue weighted by atomic mass is 35.5. The van der Waals surface area contributed by atoms with Crippen molar-refractivity contribution in [3.05, 3.63) is 40.1 Å². The Balaban J connectivity index is 1.36. The predicted octanol–water partition coefficient (Wildman–Crippen LogP) is 4.91. The summed E-state index contributed by atoms with van der Waals surface area (Å²) in [6.45, 7) is 0. The SMILES string of the molecule is O=C(Nc1nc(C23CC4CC(CC(C4)C2)C3)cs1)c1cc(Cl)ccn1. The number of rotatable bonds is 3. The highest BCUT2D eigenvalue weighted by Crippen LogP contribution is 2.60. The minimum absolute atomic E-state index is 0.256. The number of hydrogen-bond donors (Lipinski definition) is 1. The van der Waals surface area contributed by atoms with Gasteiger partial charge < -0.3 is 0 Å². The topological polar surface area (TPSA) is 54.9 Å². The van der Waals surface area contributed by atoms with Crippen LogP contribution in [0.5, 0.6) is 0 Å². The number of pyridine rings is 1. The summed E-state index contributed by atoms with van der Waals surface area (Å²) in [4.78, 5) is 21.2. The van der Waals surface area contributed by atoms with Crippen molar-refractivity contribution in [3.63, 3.8) is 0 Å². The minimum Gasteiger partial charge on any atom is -0.296 e. The molecule has 0 spiro atoms. The lowest BCUT2D eigenvalue weighted by Crippen LogP contribution is -2.48. The van der Waals surface area contributed by atoms with Crippen molar-refractivity contribution in [1.29, 1.82) is 0 Å². The molecular weight excluding hydrogens is 354 g/mol. The number of thiazole rings is 1. The van der Waals surface area contributed by atoms with Crippen LogP contribution in [0.25, 0.3) is 0 Å². The number of carbonyl (C=O) groups excluding carboxylic acids is 1. The Labute approximate surface area is 156 Å². The van der Waals surface area contributed by atoms with Crippen molar-refractivity contribution in [2.75, 3.05) is 5.32 Å². The highest BCUT2D eigenvalue weighted by Gasteiger charge is 2.52. The largest absolute Gasteiger partial charge is 0.296 e. The van der Waals surface area contributed by atoms with Crippen LogP contribution in [0.2, 0.25) is 5.02 Å². The molecule has 4 bridgehead atoms. The van der Waals surface area contributed by atoms with Gasteiger partial charge in [0.15, 0.2) is 5.13 Å². The van der Waals surface area contributed by atoms with Gasteiger partial charge in [-0.3, -0.25) is 15.1 Å². The van der Waals surface area contributed by atoms with E-state index in [2.05, 4.69) is 15.7 Å². The zero-order valence-electron chi connectivity index (χ0n) is 13.9. The first-order chi connectivity index (χ1) is 12.1. The van der Waals surface area contributed by atoms with E-state index in [1.54, 1.807) is 18.3 Å². The molecule has 1 amide bonds. The van der Waals surface area contributed by atoms with Crippen LogP contribution < -0.4 is 5.32 Å². The zero-order valence-corrected chi connectivity index (χ0v) is 15.4. The quantitative estimate of drug-likeness (QED) is 0.831. The Morgan fingerprint density at radius 3 is 2.52 bits per heavy atom. The fraction of sp³-hybridized carbons (Fsp3) is 0.526. The van der Waals surface area contributed by atoms with Gasteiger partial charge in [0, 0.05) is 22.0 Å². The lowest BCUT2D eigenvalue weighted by molar-refractivity contribution is -0.00688. The molecule has 0 saturated heterocycles. The van der Waals surface area contributed by atoms with E-state index in [0.717, 1.165) is 17.8 Å². The molecule has 0 aliphatic heterocycles. The van der Waals surface area contributed by atoms with Crippen LogP contribution >= 0.6 is 22.9 Å². The standard InChI is InChI=1S/C19H20ClN3OS/c20-14-1-2-21-15(6-14)17(24)23-18-22-16(10-25-18)19-7-11-3-12(8-19)5-13(4-11)9-19/h1-2,6,10-13H,3-5,7-9H2,(H,22,23,24). The summed E-state index contributed by atoms with van der Waals surface area (Å²) in [5, 5.41) is 6.22. The third kappa shape index (κ3) is 2.77. The molecule has 0 atom stereocenters. The van der Waals surface area contributed by atoms with Crippen LogP contribution in [0.3, 0.4) is 0 Å². The van der Waals surface area contributed by atoms with Crippen molar-refractivity contribution in [2.45, 2.75) is 43.9 Å². The zero-order chi connectivity index (χ0) is 17.0. The average Bonchev–Trinajstić information content (AvgIpc) is 3.03. The second-order valence-corrected chi connectivity index (χ2v) is 9.34. The molecule has 0 unspecified atom stereocenters. The molecule has 0 aromatic carbocycles. The number of nitrogens with zero attached hydrogens (tertiary/aromatic N) is 2. The molecule has 4 saturated carbocycles. The molecule has 6 heteroatoms. The molecular formula is C19H20ClN3OS. The summed E-state index contributed by atoms with van der Waals surface area (Å²) in [6, 6.07) is 3.23. The van der Waals surface area contributed by atoms with Gasteiger partial charge in [0.05, 0.1) is 5.69 Å². The maximum absolute atomic E-state index is 12.4. The van der Waals surface area contributed by atoms with Gasteiger partial charge in [0.1, 0.15) is 5.69 Å². The number of aromatic nitrogens is 2. The van der Waals surface area contributed by atoms with Crippen molar-refractivity contribution in [1.82, 2.24) is 9.97 Å². The fourth-order valence-corrected chi connectivity index (χ4v) is 6.68. The van der Waals surface area contributed by atoms with Gasteiger partial charge in [-0.15, -0.1) is 11.3 Å². The number of halogens is 1. The molecule has 2 heterocycles. The van der Waals surface area contributed by atoms with Crippen LogP contribution in [0, 0.1) is 17.8 Å². The van der Waals surface area contributed by atoms with Crippen molar-refractivity contribution in [2.24, 2.45) is 17.8 Å². The van der Waals surface area contributed by atoms with Gasteiger partial charge in [-0.1, -0.05) is 11.6 Å². The van der Waals surface area contributed by atoms with Crippen LogP contribution in [-0.4, -0.2) is 15.9 Å². The molecule has 130 valence electrons. The summed E-state index contributed by atoms with van der Waals surface area (Å²) >= 11 is 7.46. The van der Waals surface area contributed by atoms with E-state index in [9.17, 15) is 4.79 Å².